The molecule has 1 heterocycles. The Balaban J connectivity index is 2.61. The molecule has 1 rings (SSSR count). The van der Waals surface area contributed by atoms with Crippen molar-refractivity contribution in [2.45, 2.75) is 5.37 Å². The maximum absolute atomic E-state index is 10.5. The van der Waals surface area contributed by atoms with E-state index in [0.29, 0.717) is 5.88 Å². The van der Waals surface area contributed by atoms with Gasteiger partial charge in [-0.15, -0.1) is 28.3 Å². The second kappa shape index (κ2) is 5.94. The van der Waals surface area contributed by atoms with Crippen LogP contribution in [0.1, 0.15) is 10.9 Å². The normalized spacial score (nSPS) is 12.4. The van der Waals surface area contributed by atoms with Gasteiger partial charge in [0.2, 0.25) is 0 Å². The molecule has 0 aromatic carbocycles. The van der Waals surface area contributed by atoms with E-state index in [1.54, 1.807) is 24.5 Å². The summed E-state index contributed by atoms with van der Waals surface area (Å²) in [4.78, 5) is 14.3. The Morgan fingerprint density at radius 1 is 1.54 bits per heavy atom. The van der Waals surface area contributed by atoms with Crippen LogP contribution in [0.2, 0.25) is 0 Å². The van der Waals surface area contributed by atoms with Gasteiger partial charge >= 0.3 is 0 Å². The number of thioether (sulfide) groups is 1. The molecule has 5 heteroatoms. The second-order valence-electron chi connectivity index (χ2n) is 2.30. The second-order valence-corrected chi connectivity index (χ2v) is 3.86. The lowest BCUT2D eigenvalue weighted by Gasteiger charge is -2.06. The van der Waals surface area contributed by atoms with Gasteiger partial charge in [-0.1, -0.05) is 5.18 Å². The first-order chi connectivity index (χ1) is 6.38. The van der Waals surface area contributed by atoms with Crippen molar-refractivity contribution in [2.75, 3.05) is 11.6 Å². The third kappa shape index (κ3) is 3.32. The Morgan fingerprint density at radius 3 is 2.77 bits per heavy atom. The van der Waals surface area contributed by atoms with Crippen LogP contribution < -0.4 is 0 Å². The highest BCUT2D eigenvalue weighted by atomic mass is 35.5. The van der Waals surface area contributed by atoms with E-state index < -0.39 is 0 Å². The minimum absolute atomic E-state index is 0.359. The van der Waals surface area contributed by atoms with E-state index in [4.69, 9.17) is 11.6 Å². The summed E-state index contributed by atoms with van der Waals surface area (Å²) in [5.74, 6) is 1.25. The highest BCUT2D eigenvalue weighted by molar-refractivity contribution is 7.99. The van der Waals surface area contributed by atoms with Crippen molar-refractivity contribution in [1.29, 1.82) is 0 Å². The third-order valence-electron chi connectivity index (χ3n) is 1.44. The number of hydrogen-bond donors (Lipinski definition) is 0. The fourth-order valence-corrected chi connectivity index (χ4v) is 1.86. The van der Waals surface area contributed by atoms with Gasteiger partial charge < -0.3 is 0 Å². The van der Waals surface area contributed by atoms with Gasteiger partial charge in [0, 0.05) is 24.0 Å². The molecule has 1 atom stereocenters. The Bertz CT molecular complexity index is 258. The Hall–Kier alpha value is -0.610. The number of rotatable bonds is 5. The zero-order valence-corrected chi connectivity index (χ0v) is 8.46. The molecule has 0 saturated heterocycles. The fraction of sp³-hybridized carbons (Fsp3) is 0.375. The van der Waals surface area contributed by atoms with E-state index in [2.05, 4.69) is 10.2 Å². The van der Waals surface area contributed by atoms with Crippen LogP contribution >= 0.6 is 23.4 Å². The number of aromatic nitrogens is 1. The molecule has 0 aliphatic rings. The van der Waals surface area contributed by atoms with E-state index in [-0.39, 0.29) is 5.37 Å². The summed E-state index contributed by atoms with van der Waals surface area (Å²) >= 11 is 6.95. The zero-order valence-electron chi connectivity index (χ0n) is 6.89. The summed E-state index contributed by atoms with van der Waals surface area (Å²) in [5.41, 5.74) is 0.875. The van der Waals surface area contributed by atoms with E-state index in [1.165, 1.54) is 11.8 Å². The van der Waals surface area contributed by atoms with Gasteiger partial charge in [-0.2, -0.15) is 0 Å². The number of alkyl halides is 1. The summed E-state index contributed by atoms with van der Waals surface area (Å²) in [6, 6.07) is 3.57. The summed E-state index contributed by atoms with van der Waals surface area (Å²) < 4.78 is 0. The third-order valence-corrected chi connectivity index (χ3v) is 2.97. The first-order valence-corrected chi connectivity index (χ1v) is 5.36. The Morgan fingerprint density at radius 2 is 2.23 bits per heavy atom. The summed E-state index contributed by atoms with van der Waals surface area (Å²) in [7, 11) is 0. The van der Waals surface area contributed by atoms with Gasteiger partial charge in [-0.3, -0.25) is 4.98 Å². The lowest BCUT2D eigenvalue weighted by atomic mass is 10.3. The molecule has 0 N–H and O–H groups in total. The molecule has 0 fully saturated rings. The van der Waals surface area contributed by atoms with Crippen molar-refractivity contribution in [1.82, 2.24) is 4.98 Å². The van der Waals surface area contributed by atoms with Crippen molar-refractivity contribution in [2.24, 2.45) is 5.18 Å². The molecule has 0 radical (unpaired) electrons. The van der Waals surface area contributed by atoms with Crippen LogP contribution in [0.25, 0.3) is 0 Å². The number of nitrogens with zero attached hydrogens (tertiary/aromatic N) is 2. The van der Waals surface area contributed by atoms with Crippen LogP contribution in [0, 0.1) is 4.91 Å². The lowest BCUT2D eigenvalue weighted by molar-refractivity contribution is 1.01. The first kappa shape index (κ1) is 10.5. The smallest absolute Gasteiger partial charge is 0.162 e. The van der Waals surface area contributed by atoms with Crippen molar-refractivity contribution in [3.63, 3.8) is 0 Å². The van der Waals surface area contributed by atoms with Gasteiger partial charge in [-0.05, 0) is 17.7 Å². The molecule has 0 aliphatic heterocycles. The Kier molecular flexibility index (Phi) is 4.78. The molecule has 13 heavy (non-hydrogen) atoms. The molecular weight excluding hydrogens is 208 g/mol. The maximum atomic E-state index is 10.5. The largest absolute Gasteiger partial charge is 0.265 e. The van der Waals surface area contributed by atoms with Crippen LogP contribution in [0.5, 0.6) is 0 Å². The monoisotopic (exact) mass is 216 g/mol. The van der Waals surface area contributed by atoms with Gasteiger partial charge in [0.1, 0.15) is 0 Å². The van der Waals surface area contributed by atoms with Crippen LogP contribution in [0.4, 0.5) is 0 Å². The molecule has 1 unspecified atom stereocenters. The van der Waals surface area contributed by atoms with E-state index >= 15 is 0 Å². The number of halogens is 1. The van der Waals surface area contributed by atoms with Gasteiger partial charge in [0.05, 0.1) is 0 Å². The minimum Gasteiger partial charge on any atom is -0.265 e. The molecule has 1 aromatic heterocycles. The summed E-state index contributed by atoms with van der Waals surface area (Å²) in [6.45, 7) is 0. The minimum atomic E-state index is -0.359. The quantitative estimate of drug-likeness (QED) is 0.562. The number of pyridine rings is 1. The standard InChI is InChI=1S/C8H9ClN2OS/c9-3-6-13-8(11-12)7-1-4-10-5-2-7/h1-2,4-5,8H,3,6H2. The summed E-state index contributed by atoms with van der Waals surface area (Å²) in [6.07, 6.45) is 3.30. The van der Waals surface area contributed by atoms with E-state index in [1.807, 2.05) is 0 Å². The van der Waals surface area contributed by atoms with Gasteiger partial charge in [0.25, 0.3) is 0 Å². The van der Waals surface area contributed by atoms with Crippen molar-refractivity contribution in [3.8, 4) is 0 Å². The topological polar surface area (TPSA) is 42.3 Å². The lowest BCUT2D eigenvalue weighted by Crippen LogP contribution is -1.92. The molecule has 1 aromatic rings. The van der Waals surface area contributed by atoms with Crippen molar-refractivity contribution >= 4 is 23.4 Å². The van der Waals surface area contributed by atoms with Crippen LogP contribution in [-0.2, 0) is 0 Å². The maximum Gasteiger partial charge on any atom is 0.162 e. The average Bonchev–Trinajstić information content (AvgIpc) is 2.21. The van der Waals surface area contributed by atoms with Crippen molar-refractivity contribution < 1.29 is 0 Å². The van der Waals surface area contributed by atoms with Gasteiger partial charge in [-0.25, -0.2) is 0 Å². The zero-order chi connectivity index (χ0) is 9.52. The van der Waals surface area contributed by atoms with Crippen LogP contribution in [0.15, 0.2) is 29.7 Å². The highest BCUT2D eigenvalue weighted by Crippen LogP contribution is 2.29. The molecule has 0 bridgehead atoms. The molecule has 0 amide bonds. The molecule has 3 nitrogen and oxygen atoms in total. The number of hydrogen-bond acceptors (Lipinski definition) is 4. The molecule has 70 valence electrons. The highest BCUT2D eigenvalue weighted by Gasteiger charge is 2.10. The number of nitroso groups, excluding NO2 is 1. The van der Waals surface area contributed by atoms with Crippen LogP contribution in [-0.4, -0.2) is 16.6 Å². The summed E-state index contributed by atoms with van der Waals surface area (Å²) in [5, 5.41) is 2.66. The first-order valence-electron chi connectivity index (χ1n) is 3.78. The van der Waals surface area contributed by atoms with E-state index in [0.717, 1.165) is 11.3 Å². The predicted octanol–water partition coefficient (Wildman–Crippen LogP) is 2.82. The van der Waals surface area contributed by atoms with Crippen molar-refractivity contribution in [3.05, 3.63) is 35.0 Å². The predicted molar refractivity (Wildman–Crippen MR) is 56.0 cm³/mol. The van der Waals surface area contributed by atoms with Gasteiger partial charge in [0.15, 0.2) is 5.37 Å². The SMILES string of the molecule is O=NC(SCCCl)c1ccncc1. The molecule has 0 spiro atoms. The molecule has 0 saturated carbocycles. The molecular formula is C8H9ClN2OS. The van der Waals surface area contributed by atoms with Crippen LogP contribution in [0.3, 0.4) is 0 Å². The Labute approximate surface area is 85.9 Å². The molecule has 0 aliphatic carbocycles. The van der Waals surface area contributed by atoms with E-state index in [9.17, 15) is 4.91 Å². The fourth-order valence-electron chi connectivity index (χ4n) is 0.872. The average molecular weight is 217 g/mol.